The summed E-state index contributed by atoms with van der Waals surface area (Å²) in [5, 5.41) is 7.67. The molecule has 1 atom stereocenters. The van der Waals surface area contributed by atoms with E-state index in [2.05, 4.69) is 40.5 Å². The van der Waals surface area contributed by atoms with E-state index >= 15 is 0 Å². The van der Waals surface area contributed by atoms with Crippen LogP contribution in [0, 0.1) is 0 Å². The summed E-state index contributed by atoms with van der Waals surface area (Å²) in [6.45, 7) is 2.12. The molecule has 4 nitrogen and oxygen atoms in total. The van der Waals surface area contributed by atoms with E-state index in [4.69, 9.17) is 0 Å². The van der Waals surface area contributed by atoms with Crippen molar-refractivity contribution in [2.24, 2.45) is 0 Å². The highest BCUT2D eigenvalue weighted by molar-refractivity contribution is 5.49. The van der Waals surface area contributed by atoms with Crippen molar-refractivity contribution in [1.82, 2.24) is 14.8 Å². The van der Waals surface area contributed by atoms with Crippen LogP contribution in [-0.4, -0.2) is 14.8 Å². The minimum atomic E-state index is 0.222. The minimum Gasteiger partial charge on any atom is -0.378 e. The summed E-state index contributed by atoms with van der Waals surface area (Å²) >= 11 is 0. The second-order valence-corrected chi connectivity index (χ2v) is 4.65. The number of rotatable bonds is 4. The molecule has 2 aromatic heterocycles. The highest BCUT2D eigenvalue weighted by Crippen LogP contribution is 2.19. The molecule has 0 fully saturated rings. The molecule has 0 radical (unpaired) electrons. The topological polar surface area (TPSA) is 42.7 Å². The summed E-state index contributed by atoms with van der Waals surface area (Å²) < 4.78 is 1.84. The lowest BCUT2D eigenvalue weighted by Gasteiger charge is -2.15. The van der Waals surface area contributed by atoms with Crippen molar-refractivity contribution < 1.29 is 0 Å². The number of hydrogen-bond donors (Lipinski definition) is 1. The predicted molar refractivity (Wildman–Crippen MR) is 79.8 cm³/mol. The van der Waals surface area contributed by atoms with Gasteiger partial charge in [-0.3, -0.25) is 4.98 Å². The summed E-state index contributed by atoms with van der Waals surface area (Å²) in [7, 11) is 0. The lowest BCUT2D eigenvalue weighted by atomic mass is 10.1. The van der Waals surface area contributed by atoms with Crippen LogP contribution >= 0.6 is 0 Å². The van der Waals surface area contributed by atoms with Gasteiger partial charge in [-0.25, -0.2) is 4.68 Å². The Morgan fingerprint density at radius 1 is 1.05 bits per heavy atom. The number of nitrogens with zero attached hydrogens (tertiary/aromatic N) is 3. The van der Waals surface area contributed by atoms with Gasteiger partial charge in [0.15, 0.2) is 0 Å². The molecule has 2 heterocycles. The minimum absolute atomic E-state index is 0.222. The van der Waals surface area contributed by atoms with Crippen molar-refractivity contribution >= 4 is 5.69 Å². The van der Waals surface area contributed by atoms with Crippen LogP contribution < -0.4 is 5.32 Å². The molecule has 1 unspecified atom stereocenters. The van der Waals surface area contributed by atoms with Gasteiger partial charge in [-0.15, -0.1) is 0 Å². The largest absolute Gasteiger partial charge is 0.378 e. The van der Waals surface area contributed by atoms with Crippen molar-refractivity contribution in [2.45, 2.75) is 13.0 Å². The van der Waals surface area contributed by atoms with Crippen LogP contribution in [0.5, 0.6) is 0 Å². The van der Waals surface area contributed by atoms with E-state index in [-0.39, 0.29) is 6.04 Å². The quantitative estimate of drug-likeness (QED) is 0.785. The molecule has 0 aliphatic carbocycles. The van der Waals surface area contributed by atoms with Gasteiger partial charge in [-0.05, 0) is 48.9 Å². The Morgan fingerprint density at radius 3 is 2.55 bits per heavy atom. The van der Waals surface area contributed by atoms with Gasteiger partial charge >= 0.3 is 0 Å². The Hall–Kier alpha value is -2.62. The molecule has 1 aromatic carbocycles. The average Bonchev–Trinajstić information content (AvgIpc) is 3.03. The summed E-state index contributed by atoms with van der Waals surface area (Å²) in [4.78, 5) is 4.14. The van der Waals surface area contributed by atoms with E-state index in [9.17, 15) is 0 Å². The number of pyridine rings is 1. The predicted octanol–water partition coefficient (Wildman–Crippen LogP) is 3.44. The van der Waals surface area contributed by atoms with Crippen molar-refractivity contribution in [3.8, 4) is 5.69 Å². The Bertz CT molecular complexity index is 645. The van der Waals surface area contributed by atoms with Crippen molar-refractivity contribution in [3.05, 3.63) is 72.8 Å². The number of benzene rings is 1. The molecular formula is C16H16N4. The highest BCUT2D eigenvalue weighted by atomic mass is 15.3. The second kappa shape index (κ2) is 5.57. The number of aromatic nitrogens is 3. The van der Waals surface area contributed by atoms with E-state index < -0.39 is 0 Å². The van der Waals surface area contributed by atoms with E-state index in [0.717, 1.165) is 11.4 Å². The molecule has 0 saturated carbocycles. The molecular weight excluding hydrogens is 248 g/mol. The molecule has 3 rings (SSSR count). The van der Waals surface area contributed by atoms with Crippen molar-refractivity contribution in [3.63, 3.8) is 0 Å². The van der Waals surface area contributed by atoms with Gasteiger partial charge in [0.2, 0.25) is 0 Å². The van der Waals surface area contributed by atoms with Gasteiger partial charge in [0, 0.05) is 30.5 Å². The van der Waals surface area contributed by atoms with Crippen LogP contribution in [0.2, 0.25) is 0 Å². The number of anilines is 1. The van der Waals surface area contributed by atoms with Crippen LogP contribution in [0.25, 0.3) is 5.69 Å². The Balaban J connectivity index is 1.72. The third-order valence-corrected chi connectivity index (χ3v) is 3.20. The molecule has 1 N–H and O–H groups in total. The lowest BCUT2D eigenvalue weighted by Crippen LogP contribution is -2.06. The third kappa shape index (κ3) is 2.69. The first-order valence-corrected chi connectivity index (χ1v) is 6.59. The van der Waals surface area contributed by atoms with Crippen LogP contribution in [0.1, 0.15) is 18.5 Å². The fourth-order valence-electron chi connectivity index (χ4n) is 2.10. The second-order valence-electron chi connectivity index (χ2n) is 4.65. The monoisotopic (exact) mass is 264 g/mol. The first-order chi connectivity index (χ1) is 9.83. The third-order valence-electron chi connectivity index (χ3n) is 3.20. The van der Waals surface area contributed by atoms with Crippen LogP contribution in [-0.2, 0) is 0 Å². The van der Waals surface area contributed by atoms with Gasteiger partial charge in [0.1, 0.15) is 0 Å². The zero-order valence-corrected chi connectivity index (χ0v) is 11.3. The molecule has 4 heteroatoms. The van der Waals surface area contributed by atoms with Gasteiger partial charge in [-0.2, -0.15) is 5.10 Å². The SMILES string of the molecule is CC(Nc1ccc(-n2cccn2)cc1)c1cccnc1. The summed E-state index contributed by atoms with van der Waals surface area (Å²) in [6.07, 6.45) is 7.38. The van der Waals surface area contributed by atoms with Gasteiger partial charge < -0.3 is 5.32 Å². The number of nitrogens with one attached hydrogen (secondary N) is 1. The molecule has 0 saturated heterocycles. The Labute approximate surface area is 118 Å². The Kier molecular flexibility index (Phi) is 3.46. The maximum absolute atomic E-state index is 4.21. The Morgan fingerprint density at radius 2 is 1.90 bits per heavy atom. The van der Waals surface area contributed by atoms with E-state index in [1.807, 2.05) is 41.3 Å². The van der Waals surface area contributed by atoms with Crippen LogP contribution in [0.4, 0.5) is 5.69 Å². The molecule has 100 valence electrons. The first kappa shape index (κ1) is 12.4. The zero-order chi connectivity index (χ0) is 13.8. The molecule has 0 aliphatic heterocycles. The fraction of sp³-hybridized carbons (Fsp3) is 0.125. The fourth-order valence-corrected chi connectivity index (χ4v) is 2.10. The normalized spacial score (nSPS) is 12.1. The maximum atomic E-state index is 4.21. The summed E-state index contributed by atoms with van der Waals surface area (Å²) in [5.74, 6) is 0. The van der Waals surface area contributed by atoms with E-state index in [1.54, 1.807) is 12.4 Å². The highest BCUT2D eigenvalue weighted by Gasteiger charge is 2.05. The average molecular weight is 264 g/mol. The van der Waals surface area contributed by atoms with Gasteiger partial charge in [0.05, 0.1) is 11.7 Å². The summed E-state index contributed by atoms with van der Waals surface area (Å²) in [6, 6.07) is 14.4. The van der Waals surface area contributed by atoms with E-state index in [0.29, 0.717) is 0 Å². The molecule has 0 bridgehead atoms. The first-order valence-electron chi connectivity index (χ1n) is 6.59. The molecule has 0 aliphatic rings. The lowest BCUT2D eigenvalue weighted by molar-refractivity contribution is 0.869. The maximum Gasteiger partial charge on any atom is 0.0647 e. The van der Waals surface area contributed by atoms with Crippen molar-refractivity contribution in [1.29, 1.82) is 0 Å². The number of hydrogen-bond acceptors (Lipinski definition) is 3. The smallest absolute Gasteiger partial charge is 0.0647 e. The standard InChI is InChI=1S/C16H16N4/c1-13(14-4-2-9-17-12-14)19-15-5-7-16(8-6-15)20-11-3-10-18-20/h2-13,19H,1H3. The van der Waals surface area contributed by atoms with E-state index in [1.165, 1.54) is 5.56 Å². The van der Waals surface area contributed by atoms with Crippen molar-refractivity contribution in [2.75, 3.05) is 5.32 Å². The van der Waals surface area contributed by atoms with Crippen LogP contribution in [0.3, 0.4) is 0 Å². The zero-order valence-electron chi connectivity index (χ0n) is 11.3. The van der Waals surface area contributed by atoms with Gasteiger partial charge in [-0.1, -0.05) is 6.07 Å². The van der Waals surface area contributed by atoms with Gasteiger partial charge in [0.25, 0.3) is 0 Å². The summed E-state index contributed by atoms with van der Waals surface area (Å²) in [5.41, 5.74) is 3.30. The van der Waals surface area contributed by atoms with Crippen LogP contribution in [0.15, 0.2) is 67.3 Å². The molecule has 3 aromatic rings. The molecule has 0 amide bonds. The molecule has 0 spiro atoms. The molecule has 20 heavy (non-hydrogen) atoms.